The molecular formula is C24H30N4O3. The van der Waals surface area contributed by atoms with Crippen molar-refractivity contribution in [1.82, 2.24) is 5.32 Å². The zero-order valence-corrected chi connectivity index (χ0v) is 18.7. The summed E-state index contributed by atoms with van der Waals surface area (Å²) in [5.74, 6) is -0.982. The van der Waals surface area contributed by atoms with Gasteiger partial charge < -0.3 is 15.0 Å². The van der Waals surface area contributed by atoms with Crippen molar-refractivity contribution in [3.8, 4) is 6.07 Å². The molecule has 1 fully saturated rings. The molecule has 2 amide bonds. The fourth-order valence-corrected chi connectivity index (χ4v) is 4.37. The molecule has 1 saturated heterocycles. The SMILES string of the molecule is CCN(c1cc(C#N)cc(C(=O)NCC2C(=O)N=C(C)C=C2C)c1C)C1CCOCC1. The van der Waals surface area contributed by atoms with Crippen molar-refractivity contribution in [2.24, 2.45) is 10.9 Å². The number of carbonyl (C=O) groups excluding carboxylic acids is 2. The second-order valence-electron chi connectivity index (χ2n) is 8.15. The number of hydrogen-bond acceptors (Lipinski definition) is 5. The lowest BCUT2D eigenvalue weighted by molar-refractivity contribution is -0.120. The molecule has 1 unspecified atom stereocenters. The van der Waals surface area contributed by atoms with Gasteiger partial charge in [0.25, 0.3) is 11.8 Å². The monoisotopic (exact) mass is 422 g/mol. The first-order chi connectivity index (χ1) is 14.8. The van der Waals surface area contributed by atoms with Gasteiger partial charge in [-0.3, -0.25) is 9.59 Å². The van der Waals surface area contributed by atoms with Gasteiger partial charge in [-0.1, -0.05) is 5.57 Å². The maximum atomic E-state index is 13.1. The maximum Gasteiger partial charge on any atom is 0.254 e. The zero-order valence-electron chi connectivity index (χ0n) is 18.7. The summed E-state index contributed by atoms with van der Waals surface area (Å²) in [6.07, 6.45) is 3.70. The molecule has 0 radical (unpaired) electrons. The highest BCUT2D eigenvalue weighted by atomic mass is 16.5. The van der Waals surface area contributed by atoms with Gasteiger partial charge in [0.05, 0.1) is 17.6 Å². The summed E-state index contributed by atoms with van der Waals surface area (Å²) in [6.45, 7) is 10.1. The third-order valence-electron chi connectivity index (χ3n) is 6.07. The summed E-state index contributed by atoms with van der Waals surface area (Å²) in [4.78, 5) is 31.6. The van der Waals surface area contributed by atoms with E-state index in [0.717, 1.165) is 49.4 Å². The van der Waals surface area contributed by atoms with Crippen LogP contribution in [0.5, 0.6) is 0 Å². The summed E-state index contributed by atoms with van der Waals surface area (Å²) < 4.78 is 5.50. The Balaban J connectivity index is 1.84. The number of rotatable bonds is 6. The first-order valence-electron chi connectivity index (χ1n) is 10.8. The van der Waals surface area contributed by atoms with Gasteiger partial charge in [-0.05, 0) is 64.3 Å². The van der Waals surface area contributed by atoms with E-state index in [1.807, 2.05) is 26.0 Å². The summed E-state index contributed by atoms with van der Waals surface area (Å²) >= 11 is 0. The number of nitrogens with zero attached hydrogens (tertiary/aromatic N) is 3. The van der Waals surface area contributed by atoms with Gasteiger partial charge in [-0.2, -0.15) is 5.26 Å². The Morgan fingerprint density at radius 1 is 1.29 bits per heavy atom. The molecule has 1 N–H and O–H groups in total. The average Bonchev–Trinajstić information content (AvgIpc) is 2.75. The zero-order chi connectivity index (χ0) is 22.5. The lowest BCUT2D eigenvalue weighted by atomic mass is 9.95. The second-order valence-corrected chi connectivity index (χ2v) is 8.15. The van der Waals surface area contributed by atoms with Crippen LogP contribution in [0.25, 0.3) is 0 Å². The summed E-state index contributed by atoms with van der Waals surface area (Å²) in [6, 6.07) is 5.99. The van der Waals surface area contributed by atoms with E-state index in [1.54, 1.807) is 13.0 Å². The quantitative estimate of drug-likeness (QED) is 0.760. The molecule has 3 rings (SSSR count). The average molecular weight is 423 g/mol. The molecule has 2 aliphatic rings. The largest absolute Gasteiger partial charge is 0.381 e. The van der Waals surface area contributed by atoms with Crippen molar-refractivity contribution in [1.29, 1.82) is 5.26 Å². The molecule has 164 valence electrons. The normalized spacial score (nSPS) is 19.3. The Bertz CT molecular complexity index is 968. The first kappa shape index (κ1) is 22.7. The predicted octanol–water partition coefficient (Wildman–Crippen LogP) is 3.17. The van der Waals surface area contributed by atoms with Crippen LogP contribution in [0.4, 0.5) is 5.69 Å². The van der Waals surface area contributed by atoms with Crippen LogP contribution in [0.15, 0.2) is 28.8 Å². The summed E-state index contributed by atoms with van der Waals surface area (Å²) in [5, 5.41) is 12.4. The molecular weight excluding hydrogens is 392 g/mol. The van der Waals surface area contributed by atoms with Crippen LogP contribution >= 0.6 is 0 Å². The van der Waals surface area contributed by atoms with Crippen LogP contribution in [0.3, 0.4) is 0 Å². The summed E-state index contributed by atoms with van der Waals surface area (Å²) in [5.41, 5.74) is 4.22. The fraction of sp³-hybridized carbons (Fsp3) is 0.500. The Hall–Kier alpha value is -2.98. The van der Waals surface area contributed by atoms with Crippen LogP contribution in [0.2, 0.25) is 0 Å². The minimum absolute atomic E-state index is 0.180. The van der Waals surface area contributed by atoms with Crippen molar-refractivity contribution >= 4 is 23.2 Å². The van der Waals surface area contributed by atoms with Crippen LogP contribution in [0.1, 0.15) is 55.1 Å². The number of hydrogen-bond donors (Lipinski definition) is 1. The molecule has 0 aromatic heterocycles. The van der Waals surface area contributed by atoms with Crippen molar-refractivity contribution < 1.29 is 14.3 Å². The van der Waals surface area contributed by atoms with Gasteiger partial charge in [0.1, 0.15) is 0 Å². The van der Waals surface area contributed by atoms with Gasteiger partial charge in [-0.15, -0.1) is 0 Å². The predicted molar refractivity (Wildman–Crippen MR) is 120 cm³/mol. The lowest BCUT2D eigenvalue weighted by Crippen LogP contribution is -2.40. The lowest BCUT2D eigenvalue weighted by Gasteiger charge is -2.36. The van der Waals surface area contributed by atoms with Gasteiger partial charge in [0, 0.05) is 49.3 Å². The highest BCUT2D eigenvalue weighted by Crippen LogP contribution is 2.30. The molecule has 0 spiro atoms. The topological polar surface area (TPSA) is 94.8 Å². The standard InChI is InChI=1S/C24H30N4O3/c1-5-28(19-6-8-31-9-7-19)22-12-18(13-25)11-20(17(22)4)23(29)26-14-21-15(2)10-16(3)27-24(21)30/h10-12,19,21H,5-9,14H2,1-4H3,(H,26,29). The third kappa shape index (κ3) is 5.02. The van der Waals surface area contributed by atoms with Crippen molar-refractivity contribution in [3.63, 3.8) is 0 Å². The van der Waals surface area contributed by atoms with Crippen molar-refractivity contribution in [2.75, 3.05) is 31.2 Å². The van der Waals surface area contributed by atoms with E-state index in [4.69, 9.17) is 4.74 Å². The highest BCUT2D eigenvalue weighted by molar-refractivity contribution is 6.06. The number of allylic oxidation sites excluding steroid dienone is 1. The van der Waals surface area contributed by atoms with E-state index in [2.05, 4.69) is 28.2 Å². The van der Waals surface area contributed by atoms with Gasteiger partial charge in [0.15, 0.2) is 0 Å². The minimum Gasteiger partial charge on any atom is -0.381 e. The molecule has 0 saturated carbocycles. The molecule has 1 aromatic carbocycles. The number of carbonyl (C=O) groups is 2. The number of amides is 2. The molecule has 7 nitrogen and oxygen atoms in total. The summed E-state index contributed by atoms with van der Waals surface area (Å²) in [7, 11) is 0. The number of nitrogens with one attached hydrogen (secondary N) is 1. The van der Waals surface area contributed by atoms with Crippen molar-refractivity contribution in [2.45, 2.75) is 46.6 Å². The van der Waals surface area contributed by atoms with Crippen LogP contribution < -0.4 is 10.2 Å². The van der Waals surface area contributed by atoms with E-state index in [0.29, 0.717) is 22.9 Å². The molecule has 1 atom stereocenters. The molecule has 31 heavy (non-hydrogen) atoms. The van der Waals surface area contributed by atoms with Crippen LogP contribution in [0, 0.1) is 24.2 Å². The number of aliphatic imine (C=N–C) groups is 1. The highest BCUT2D eigenvalue weighted by Gasteiger charge is 2.27. The van der Waals surface area contributed by atoms with E-state index in [-0.39, 0.29) is 18.4 Å². The number of anilines is 1. The van der Waals surface area contributed by atoms with Gasteiger partial charge in [-0.25, -0.2) is 4.99 Å². The van der Waals surface area contributed by atoms with E-state index >= 15 is 0 Å². The second kappa shape index (κ2) is 9.88. The van der Waals surface area contributed by atoms with Gasteiger partial charge >= 0.3 is 0 Å². The number of nitriles is 1. The molecule has 2 heterocycles. The number of dihydropyridines is 1. The van der Waals surface area contributed by atoms with E-state index in [1.165, 1.54) is 0 Å². The number of benzene rings is 1. The Morgan fingerprint density at radius 2 is 2.00 bits per heavy atom. The van der Waals surface area contributed by atoms with Crippen molar-refractivity contribution in [3.05, 3.63) is 40.5 Å². The fourth-order valence-electron chi connectivity index (χ4n) is 4.37. The molecule has 1 aromatic rings. The first-order valence-corrected chi connectivity index (χ1v) is 10.8. The molecule has 0 bridgehead atoms. The minimum atomic E-state index is -0.457. The maximum absolute atomic E-state index is 13.1. The molecule has 2 aliphatic heterocycles. The smallest absolute Gasteiger partial charge is 0.254 e. The van der Waals surface area contributed by atoms with Crippen LogP contribution in [-0.2, 0) is 9.53 Å². The number of ether oxygens (including phenoxy) is 1. The van der Waals surface area contributed by atoms with Gasteiger partial charge in [0.2, 0.25) is 0 Å². The Morgan fingerprint density at radius 3 is 2.61 bits per heavy atom. The van der Waals surface area contributed by atoms with E-state index in [9.17, 15) is 14.9 Å². The third-order valence-corrected chi connectivity index (χ3v) is 6.07. The molecule has 7 heteroatoms. The Labute approximate surface area is 183 Å². The Kier molecular flexibility index (Phi) is 7.24. The molecule has 0 aliphatic carbocycles. The van der Waals surface area contributed by atoms with Crippen LogP contribution in [-0.4, -0.2) is 49.9 Å². The van der Waals surface area contributed by atoms with E-state index < -0.39 is 5.92 Å².